The Balaban J connectivity index is 2.58. The number of carbonyl (C=O) groups is 1. The van der Waals surface area contributed by atoms with Gasteiger partial charge in [0.25, 0.3) is 0 Å². The van der Waals surface area contributed by atoms with Crippen molar-refractivity contribution in [2.75, 3.05) is 5.32 Å². The molecule has 2 N–H and O–H groups in total. The third-order valence-electron chi connectivity index (χ3n) is 2.01. The zero-order valence-corrected chi connectivity index (χ0v) is 8.84. The van der Waals surface area contributed by atoms with Crippen molar-refractivity contribution < 1.29 is 9.90 Å². The van der Waals surface area contributed by atoms with E-state index in [-0.39, 0.29) is 12.5 Å². The Morgan fingerprint density at radius 3 is 2.87 bits per heavy atom. The minimum atomic E-state index is -0.823. The van der Waals surface area contributed by atoms with E-state index in [9.17, 15) is 4.79 Å². The highest BCUT2D eigenvalue weighted by atomic mass is 16.4. The molecule has 0 fully saturated rings. The van der Waals surface area contributed by atoms with Gasteiger partial charge in [-0.05, 0) is 16.8 Å². The van der Waals surface area contributed by atoms with E-state index in [1.165, 1.54) is 4.68 Å². The molecular weight excluding hydrogens is 198 g/mol. The third kappa shape index (κ3) is 3.53. The lowest BCUT2D eigenvalue weighted by atomic mass is 10.1. The zero-order valence-electron chi connectivity index (χ0n) is 8.84. The van der Waals surface area contributed by atoms with Crippen LogP contribution in [0.25, 0.3) is 0 Å². The molecule has 1 rings (SSSR count). The second-order valence-corrected chi connectivity index (χ2v) is 3.35. The first-order valence-electron chi connectivity index (χ1n) is 4.84. The highest BCUT2D eigenvalue weighted by molar-refractivity contribution is 5.68. The molecule has 0 saturated heterocycles. The fourth-order valence-corrected chi connectivity index (χ4v) is 1.32. The first-order valence-corrected chi connectivity index (χ1v) is 4.84. The van der Waals surface area contributed by atoms with Crippen molar-refractivity contribution in [1.82, 2.24) is 20.2 Å². The number of rotatable bonds is 6. The second-order valence-electron chi connectivity index (χ2n) is 3.35. The van der Waals surface area contributed by atoms with Gasteiger partial charge in [-0.2, -0.15) is 0 Å². The van der Waals surface area contributed by atoms with Crippen molar-refractivity contribution in [3.63, 3.8) is 0 Å². The molecule has 0 bridgehead atoms. The lowest BCUT2D eigenvalue weighted by Crippen LogP contribution is -2.24. The maximum atomic E-state index is 10.6. The third-order valence-corrected chi connectivity index (χ3v) is 2.01. The van der Waals surface area contributed by atoms with Crippen LogP contribution in [0.2, 0.25) is 0 Å². The molecule has 1 aromatic heterocycles. The van der Waals surface area contributed by atoms with Gasteiger partial charge in [-0.25, -0.2) is 4.68 Å². The van der Waals surface area contributed by atoms with Crippen LogP contribution in [-0.2, 0) is 11.8 Å². The summed E-state index contributed by atoms with van der Waals surface area (Å²) in [6.45, 7) is 2.01. The summed E-state index contributed by atoms with van der Waals surface area (Å²) in [4.78, 5) is 10.6. The Morgan fingerprint density at radius 1 is 1.67 bits per heavy atom. The van der Waals surface area contributed by atoms with Gasteiger partial charge in [0, 0.05) is 13.1 Å². The van der Waals surface area contributed by atoms with E-state index in [1.54, 1.807) is 7.05 Å². The van der Waals surface area contributed by atoms with Crippen molar-refractivity contribution in [2.24, 2.45) is 7.05 Å². The minimum absolute atomic E-state index is 0.0701. The van der Waals surface area contributed by atoms with Crippen LogP contribution < -0.4 is 5.32 Å². The zero-order chi connectivity index (χ0) is 11.3. The Bertz CT molecular complexity index is 325. The molecule has 0 aromatic carbocycles. The summed E-state index contributed by atoms with van der Waals surface area (Å²) in [5, 5.41) is 22.6. The SMILES string of the molecule is CCCC(CC(=O)O)Nc1nnnn1C. The molecule has 0 aliphatic rings. The standard InChI is InChI=1S/C8H15N5O2/c1-3-4-6(5-7(14)15)9-8-10-11-12-13(8)2/h6H,3-5H2,1-2H3,(H,14,15)(H,9,10,12). The number of aliphatic carboxylic acids is 1. The molecule has 0 amide bonds. The predicted octanol–water partition coefficient (Wildman–Crippen LogP) is 0.265. The van der Waals surface area contributed by atoms with Gasteiger partial charge in [-0.1, -0.05) is 18.4 Å². The average Bonchev–Trinajstić information content (AvgIpc) is 2.51. The van der Waals surface area contributed by atoms with Gasteiger partial charge in [-0.15, -0.1) is 0 Å². The molecule has 0 saturated carbocycles. The smallest absolute Gasteiger partial charge is 0.305 e. The summed E-state index contributed by atoms with van der Waals surface area (Å²) in [6.07, 6.45) is 1.76. The molecule has 0 radical (unpaired) electrons. The van der Waals surface area contributed by atoms with Crippen LogP contribution in [0.4, 0.5) is 5.95 Å². The fraction of sp³-hybridized carbons (Fsp3) is 0.750. The van der Waals surface area contributed by atoms with Crippen molar-refractivity contribution >= 4 is 11.9 Å². The monoisotopic (exact) mass is 213 g/mol. The van der Waals surface area contributed by atoms with Gasteiger partial charge in [0.1, 0.15) is 0 Å². The van der Waals surface area contributed by atoms with E-state index in [1.807, 2.05) is 6.92 Å². The van der Waals surface area contributed by atoms with E-state index in [0.29, 0.717) is 5.95 Å². The predicted molar refractivity (Wildman–Crippen MR) is 53.4 cm³/mol. The highest BCUT2D eigenvalue weighted by Gasteiger charge is 2.14. The molecule has 1 aromatic rings. The minimum Gasteiger partial charge on any atom is -0.481 e. The number of hydrogen-bond acceptors (Lipinski definition) is 5. The summed E-state index contributed by atoms with van der Waals surface area (Å²) >= 11 is 0. The van der Waals surface area contributed by atoms with Crippen LogP contribution in [0, 0.1) is 0 Å². The molecular formula is C8H15N5O2. The Labute approximate surface area is 87.5 Å². The molecule has 7 heteroatoms. The number of aromatic nitrogens is 4. The molecule has 7 nitrogen and oxygen atoms in total. The number of aryl methyl sites for hydroxylation is 1. The highest BCUT2D eigenvalue weighted by Crippen LogP contribution is 2.08. The van der Waals surface area contributed by atoms with Crippen molar-refractivity contribution in [2.45, 2.75) is 32.2 Å². The number of carboxylic acids is 1. The van der Waals surface area contributed by atoms with Crippen molar-refractivity contribution in [3.8, 4) is 0 Å². The number of hydrogen-bond donors (Lipinski definition) is 2. The normalized spacial score (nSPS) is 12.4. The van der Waals surface area contributed by atoms with Crippen LogP contribution in [-0.4, -0.2) is 37.3 Å². The number of anilines is 1. The van der Waals surface area contributed by atoms with Crippen LogP contribution in [0.3, 0.4) is 0 Å². The molecule has 1 unspecified atom stereocenters. The van der Waals surface area contributed by atoms with Crippen LogP contribution in [0.5, 0.6) is 0 Å². The number of carboxylic acid groups (broad SMARTS) is 1. The first kappa shape index (κ1) is 11.4. The molecule has 1 heterocycles. The quantitative estimate of drug-likeness (QED) is 0.704. The molecule has 0 spiro atoms. The van der Waals surface area contributed by atoms with Crippen LogP contribution in [0.15, 0.2) is 0 Å². The summed E-state index contributed by atoms with van der Waals surface area (Å²) < 4.78 is 1.48. The number of nitrogens with zero attached hydrogens (tertiary/aromatic N) is 4. The Morgan fingerprint density at radius 2 is 2.40 bits per heavy atom. The average molecular weight is 213 g/mol. The first-order chi connectivity index (χ1) is 7.13. The van der Waals surface area contributed by atoms with Gasteiger partial charge >= 0.3 is 5.97 Å². The van der Waals surface area contributed by atoms with Gasteiger partial charge in [0.2, 0.25) is 5.95 Å². The summed E-state index contributed by atoms with van der Waals surface area (Å²) in [6, 6.07) is -0.128. The number of tetrazole rings is 1. The van der Waals surface area contributed by atoms with E-state index < -0.39 is 5.97 Å². The fourth-order valence-electron chi connectivity index (χ4n) is 1.32. The Hall–Kier alpha value is -1.66. The maximum Gasteiger partial charge on any atom is 0.305 e. The van der Waals surface area contributed by atoms with Gasteiger partial charge in [-0.3, -0.25) is 4.79 Å². The number of nitrogens with one attached hydrogen (secondary N) is 1. The van der Waals surface area contributed by atoms with Crippen molar-refractivity contribution in [1.29, 1.82) is 0 Å². The van der Waals surface area contributed by atoms with Crippen molar-refractivity contribution in [3.05, 3.63) is 0 Å². The topological polar surface area (TPSA) is 92.9 Å². The summed E-state index contributed by atoms with van der Waals surface area (Å²) in [5.41, 5.74) is 0. The second kappa shape index (κ2) is 5.28. The summed E-state index contributed by atoms with van der Waals surface area (Å²) in [7, 11) is 1.70. The van der Waals surface area contributed by atoms with Crippen LogP contribution in [0.1, 0.15) is 26.2 Å². The molecule has 0 aliphatic carbocycles. The lowest BCUT2D eigenvalue weighted by Gasteiger charge is -2.15. The van der Waals surface area contributed by atoms with Gasteiger partial charge in [0.05, 0.1) is 6.42 Å². The van der Waals surface area contributed by atoms with E-state index in [0.717, 1.165) is 12.8 Å². The molecule has 0 aliphatic heterocycles. The van der Waals surface area contributed by atoms with Gasteiger partial charge in [0.15, 0.2) is 0 Å². The van der Waals surface area contributed by atoms with E-state index in [4.69, 9.17) is 5.11 Å². The largest absolute Gasteiger partial charge is 0.481 e. The lowest BCUT2D eigenvalue weighted by molar-refractivity contribution is -0.137. The van der Waals surface area contributed by atoms with Crippen LogP contribution >= 0.6 is 0 Å². The summed E-state index contributed by atoms with van der Waals surface area (Å²) in [5.74, 6) is -0.328. The molecule has 84 valence electrons. The Kier molecular flexibility index (Phi) is 4.02. The maximum absolute atomic E-state index is 10.6. The molecule has 1 atom stereocenters. The molecule has 15 heavy (non-hydrogen) atoms. The van der Waals surface area contributed by atoms with Gasteiger partial charge < -0.3 is 10.4 Å². The van der Waals surface area contributed by atoms with E-state index in [2.05, 4.69) is 20.8 Å². The van der Waals surface area contributed by atoms with E-state index >= 15 is 0 Å².